The predicted molar refractivity (Wildman–Crippen MR) is 114 cm³/mol. The van der Waals surface area contributed by atoms with Crippen molar-refractivity contribution in [2.45, 2.75) is 39.5 Å². The molecule has 1 heterocycles. The minimum Gasteiger partial charge on any atom is -0.320 e. The molecule has 148 valence electrons. The van der Waals surface area contributed by atoms with E-state index in [0.29, 0.717) is 23.4 Å². The lowest BCUT2D eigenvalue weighted by Crippen LogP contribution is -2.26. The van der Waals surface area contributed by atoms with Gasteiger partial charge in [0, 0.05) is 6.42 Å². The highest BCUT2D eigenvalue weighted by Crippen LogP contribution is 2.38. The van der Waals surface area contributed by atoms with Crippen molar-refractivity contribution >= 4 is 28.9 Å². The molecular weight excluding hydrogens is 350 g/mol. The lowest BCUT2D eigenvalue weighted by Gasteiger charge is -2.24. The van der Waals surface area contributed by atoms with Gasteiger partial charge in [0.05, 0.1) is 22.6 Å². The number of rotatable bonds is 8. The molecule has 2 aromatic carbocycles. The standard InChI is InChI=1S/C23H29N3O2/c1-3-25(4-2)17-11-5-6-16-22(27)26-20-14-9-7-12-18(20)23(28)24-19-13-8-10-15-21(19)26/h7-10,12-15H,3-6,11,16-17H2,1-2H3,(H,24,28). The number of hydrogen-bond acceptors (Lipinski definition) is 3. The largest absolute Gasteiger partial charge is 0.320 e. The van der Waals surface area contributed by atoms with E-state index in [1.165, 1.54) is 0 Å². The van der Waals surface area contributed by atoms with E-state index in [1.54, 1.807) is 11.0 Å². The molecule has 2 amide bonds. The number of benzene rings is 2. The molecule has 0 saturated carbocycles. The van der Waals surface area contributed by atoms with Gasteiger partial charge in [0.15, 0.2) is 0 Å². The third-order valence-electron chi connectivity index (χ3n) is 5.29. The van der Waals surface area contributed by atoms with Gasteiger partial charge in [0.1, 0.15) is 0 Å². The fourth-order valence-corrected chi connectivity index (χ4v) is 3.66. The minimum atomic E-state index is -0.183. The molecule has 0 atom stereocenters. The molecule has 1 N–H and O–H groups in total. The molecule has 1 aliphatic heterocycles. The number of anilines is 3. The smallest absolute Gasteiger partial charge is 0.257 e. The first-order valence-electron chi connectivity index (χ1n) is 10.2. The van der Waals surface area contributed by atoms with Gasteiger partial charge >= 0.3 is 0 Å². The molecule has 5 nitrogen and oxygen atoms in total. The number of nitrogens with one attached hydrogen (secondary N) is 1. The maximum absolute atomic E-state index is 13.2. The van der Waals surface area contributed by atoms with E-state index >= 15 is 0 Å². The van der Waals surface area contributed by atoms with Crippen LogP contribution in [0.25, 0.3) is 0 Å². The molecule has 0 aliphatic carbocycles. The molecule has 3 rings (SSSR count). The Kier molecular flexibility index (Phi) is 6.82. The number of hydrogen-bond donors (Lipinski definition) is 1. The zero-order chi connectivity index (χ0) is 19.9. The van der Waals surface area contributed by atoms with E-state index in [2.05, 4.69) is 24.1 Å². The molecule has 0 radical (unpaired) electrons. The van der Waals surface area contributed by atoms with Crippen molar-refractivity contribution in [3.05, 3.63) is 54.1 Å². The first-order valence-corrected chi connectivity index (χ1v) is 10.2. The molecule has 0 bridgehead atoms. The summed E-state index contributed by atoms with van der Waals surface area (Å²) in [5, 5.41) is 2.93. The van der Waals surface area contributed by atoms with Gasteiger partial charge in [0.2, 0.25) is 5.91 Å². The third kappa shape index (κ3) is 4.42. The third-order valence-corrected chi connectivity index (χ3v) is 5.29. The molecule has 0 saturated heterocycles. The van der Waals surface area contributed by atoms with Gasteiger partial charge in [-0.25, -0.2) is 0 Å². The SMILES string of the molecule is CCN(CC)CCCCCC(=O)N1c2ccccc2NC(=O)c2ccccc21. The van der Waals surface area contributed by atoms with Crippen LogP contribution in [0.3, 0.4) is 0 Å². The first kappa shape index (κ1) is 20.1. The average molecular weight is 380 g/mol. The summed E-state index contributed by atoms with van der Waals surface area (Å²) < 4.78 is 0. The maximum atomic E-state index is 13.2. The number of nitrogens with zero attached hydrogens (tertiary/aromatic N) is 2. The average Bonchev–Trinajstić information content (AvgIpc) is 2.84. The van der Waals surface area contributed by atoms with Gasteiger partial charge in [-0.2, -0.15) is 0 Å². The molecule has 5 heteroatoms. The van der Waals surface area contributed by atoms with Crippen molar-refractivity contribution < 1.29 is 9.59 Å². The normalized spacial score (nSPS) is 13.0. The van der Waals surface area contributed by atoms with Gasteiger partial charge in [-0.1, -0.05) is 44.5 Å². The van der Waals surface area contributed by atoms with Crippen molar-refractivity contribution in [3.8, 4) is 0 Å². The highest BCUT2D eigenvalue weighted by Gasteiger charge is 2.28. The van der Waals surface area contributed by atoms with Crippen LogP contribution in [0, 0.1) is 0 Å². The monoisotopic (exact) mass is 379 g/mol. The van der Waals surface area contributed by atoms with Crippen LogP contribution >= 0.6 is 0 Å². The van der Waals surface area contributed by atoms with Crippen molar-refractivity contribution in [1.29, 1.82) is 0 Å². The summed E-state index contributed by atoms with van der Waals surface area (Å²) in [5.41, 5.74) is 2.57. The van der Waals surface area contributed by atoms with Gasteiger partial charge in [-0.05, 0) is 56.7 Å². The molecule has 0 spiro atoms. The molecule has 2 aromatic rings. The number of unbranched alkanes of at least 4 members (excludes halogenated alkanes) is 2. The summed E-state index contributed by atoms with van der Waals surface area (Å²) in [6, 6.07) is 14.8. The highest BCUT2D eigenvalue weighted by atomic mass is 16.2. The Morgan fingerprint density at radius 1 is 0.929 bits per heavy atom. The number of fused-ring (bicyclic) bond motifs is 2. The Hall–Kier alpha value is -2.66. The van der Waals surface area contributed by atoms with E-state index in [-0.39, 0.29) is 11.8 Å². The summed E-state index contributed by atoms with van der Waals surface area (Å²) >= 11 is 0. The number of carbonyl (C=O) groups excluding carboxylic acids is 2. The molecule has 1 aliphatic rings. The summed E-state index contributed by atoms with van der Waals surface area (Å²) in [6.07, 6.45) is 3.44. The van der Waals surface area contributed by atoms with Crippen molar-refractivity contribution in [3.63, 3.8) is 0 Å². The van der Waals surface area contributed by atoms with Crippen LogP contribution in [0.1, 0.15) is 49.9 Å². The van der Waals surface area contributed by atoms with Crippen molar-refractivity contribution in [1.82, 2.24) is 4.90 Å². The fraction of sp³-hybridized carbons (Fsp3) is 0.391. The van der Waals surface area contributed by atoms with E-state index in [9.17, 15) is 9.59 Å². The van der Waals surface area contributed by atoms with E-state index < -0.39 is 0 Å². The second-order valence-electron chi connectivity index (χ2n) is 7.06. The zero-order valence-corrected chi connectivity index (χ0v) is 16.8. The zero-order valence-electron chi connectivity index (χ0n) is 16.8. The summed E-state index contributed by atoms with van der Waals surface area (Å²) in [5.74, 6) is -0.156. The summed E-state index contributed by atoms with van der Waals surface area (Å²) in [7, 11) is 0. The Labute approximate surface area is 167 Å². The van der Waals surface area contributed by atoms with Crippen LogP contribution < -0.4 is 10.2 Å². The van der Waals surface area contributed by atoms with Crippen LogP contribution in [0.5, 0.6) is 0 Å². The summed E-state index contributed by atoms with van der Waals surface area (Å²) in [4.78, 5) is 29.9. The van der Waals surface area contributed by atoms with Crippen LogP contribution in [-0.2, 0) is 4.79 Å². The molecule has 28 heavy (non-hydrogen) atoms. The molecular formula is C23H29N3O2. The molecule has 0 unspecified atom stereocenters. The number of carbonyl (C=O) groups is 2. The molecule has 0 aromatic heterocycles. The van der Waals surface area contributed by atoms with E-state index in [4.69, 9.17) is 0 Å². The highest BCUT2D eigenvalue weighted by molar-refractivity contribution is 6.17. The van der Waals surface area contributed by atoms with Crippen LogP contribution in [-0.4, -0.2) is 36.3 Å². The minimum absolute atomic E-state index is 0.0271. The topological polar surface area (TPSA) is 52.7 Å². The van der Waals surface area contributed by atoms with Crippen LogP contribution in [0.4, 0.5) is 17.1 Å². The lowest BCUT2D eigenvalue weighted by atomic mass is 10.1. The van der Waals surface area contributed by atoms with Gasteiger partial charge in [0.25, 0.3) is 5.91 Å². The summed E-state index contributed by atoms with van der Waals surface area (Å²) in [6.45, 7) is 7.57. The van der Waals surface area contributed by atoms with Crippen molar-refractivity contribution in [2.75, 3.05) is 29.9 Å². The second kappa shape index (κ2) is 9.51. The van der Waals surface area contributed by atoms with Crippen LogP contribution in [0.15, 0.2) is 48.5 Å². The predicted octanol–water partition coefficient (Wildman–Crippen LogP) is 4.82. The number of para-hydroxylation sites is 3. The number of amides is 2. The van der Waals surface area contributed by atoms with Crippen LogP contribution in [0.2, 0.25) is 0 Å². The van der Waals surface area contributed by atoms with Gasteiger partial charge < -0.3 is 10.2 Å². The van der Waals surface area contributed by atoms with E-state index in [1.807, 2.05) is 42.5 Å². The lowest BCUT2D eigenvalue weighted by molar-refractivity contribution is -0.118. The first-order chi connectivity index (χ1) is 13.7. The maximum Gasteiger partial charge on any atom is 0.257 e. The molecule has 0 fully saturated rings. The van der Waals surface area contributed by atoms with Gasteiger partial charge in [-0.3, -0.25) is 14.5 Å². The Morgan fingerprint density at radius 2 is 1.61 bits per heavy atom. The van der Waals surface area contributed by atoms with Crippen molar-refractivity contribution in [2.24, 2.45) is 0 Å². The Balaban J connectivity index is 1.74. The second-order valence-corrected chi connectivity index (χ2v) is 7.06. The van der Waals surface area contributed by atoms with E-state index in [0.717, 1.165) is 44.6 Å². The van der Waals surface area contributed by atoms with Gasteiger partial charge in [-0.15, -0.1) is 0 Å². The Bertz CT molecular complexity index is 830. The fourth-order valence-electron chi connectivity index (χ4n) is 3.66. The quantitative estimate of drug-likeness (QED) is 0.669. The Morgan fingerprint density at radius 3 is 2.36 bits per heavy atom.